The third-order valence-corrected chi connectivity index (χ3v) is 30.7. The van der Waals surface area contributed by atoms with Crippen molar-refractivity contribution in [3.8, 4) is 22.3 Å². The molecule has 0 saturated heterocycles. The molecule has 0 unspecified atom stereocenters. The minimum absolute atomic E-state index is 0.224. The van der Waals surface area contributed by atoms with E-state index in [1.165, 1.54) is 98.0 Å². The molecule has 0 amide bonds. The Balaban J connectivity index is 0.000000138. The third kappa shape index (κ3) is 7.70. The van der Waals surface area contributed by atoms with Gasteiger partial charge in [0, 0.05) is 0 Å². The molecule has 56 heavy (non-hydrogen) atoms. The Bertz CT molecular complexity index is 2840. The number of halogens is 2. The maximum absolute atomic E-state index is 5.62. The van der Waals surface area contributed by atoms with E-state index in [4.69, 9.17) is 17.0 Å². The molecule has 0 aliphatic carbocycles. The minimum atomic E-state index is -1.65. The maximum atomic E-state index is 5.62. The molecule has 276 valence electrons. The molecule has 0 aliphatic heterocycles. The summed E-state index contributed by atoms with van der Waals surface area (Å²) in [5.74, 6) is 0. The molecular weight excluding hydrogens is 815 g/mol. The van der Waals surface area contributed by atoms with Crippen LogP contribution in [0, 0.1) is 0 Å². The number of aryl methyl sites for hydroxylation is 2. The van der Waals surface area contributed by atoms with Gasteiger partial charge in [0.2, 0.25) is 0 Å². The SMILES string of the molecule is CCc1cc2c(-c3cc4ccccc4c4ccccc34)cccc2[cH-]1.CCc1cc2c(-c3cc4ccccc4c4ccccc34)cccc2[cH-]1.C[Si](C)=[Zr]([Cl])[Cl]. The average Bonchev–Trinajstić information content (AvgIpc) is 3.88. The van der Waals surface area contributed by atoms with Crippen molar-refractivity contribution in [2.24, 2.45) is 0 Å². The van der Waals surface area contributed by atoms with Gasteiger partial charge < -0.3 is 0 Å². The van der Waals surface area contributed by atoms with Crippen LogP contribution in [-0.2, 0) is 30.8 Å². The summed E-state index contributed by atoms with van der Waals surface area (Å²) in [6.07, 6.45) is 2.15. The molecule has 0 radical (unpaired) electrons. The van der Waals surface area contributed by atoms with Crippen LogP contribution in [0.2, 0.25) is 13.1 Å². The summed E-state index contributed by atoms with van der Waals surface area (Å²) in [5.41, 5.74) is 7.91. The van der Waals surface area contributed by atoms with Crippen LogP contribution >= 0.6 is 17.0 Å². The van der Waals surface area contributed by atoms with Crippen molar-refractivity contribution in [1.29, 1.82) is 0 Å². The van der Waals surface area contributed by atoms with Crippen molar-refractivity contribution in [2.45, 2.75) is 39.8 Å². The molecule has 0 aliphatic rings. The average molecular weight is 859 g/mol. The quantitative estimate of drug-likeness (QED) is 0.0940. The molecule has 0 N–H and O–H groups in total. The van der Waals surface area contributed by atoms with Crippen LogP contribution in [0.5, 0.6) is 0 Å². The summed E-state index contributed by atoms with van der Waals surface area (Å²) in [7, 11) is 11.2. The zero-order valence-electron chi connectivity index (χ0n) is 32.3. The van der Waals surface area contributed by atoms with Gasteiger partial charge in [0.25, 0.3) is 0 Å². The Labute approximate surface area is 345 Å². The molecule has 0 atom stereocenters. The van der Waals surface area contributed by atoms with Crippen molar-refractivity contribution in [2.75, 3.05) is 0 Å². The van der Waals surface area contributed by atoms with Gasteiger partial charge in [0.1, 0.15) is 0 Å². The molecule has 0 heterocycles. The van der Waals surface area contributed by atoms with Crippen molar-refractivity contribution in [1.82, 2.24) is 0 Å². The normalized spacial score (nSPS) is 11.2. The number of hydrogen-bond donors (Lipinski definition) is 0. The third-order valence-electron chi connectivity index (χ3n) is 10.9. The first-order valence-electron chi connectivity index (χ1n) is 19.5. The van der Waals surface area contributed by atoms with Crippen molar-refractivity contribution in [3.63, 3.8) is 0 Å². The fourth-order valence-corrected chi connectivity index (χ4v) is 8.03. The zero-order chi connectivity index (χ0) is 38.8. The molecule has 0 nitrogen and oxygen atoms in total. The van der Waals surface area contributed by atoms with Crippen LogP contribution in [0.25, 0.3) is 86.9 Å². The Morgan fingerprint density at radius 3 is 1.14 bits per heavy atom. The summed E-state index contributed by atoms with van der Waals surface area (Å²) in [5, 5.41) is 16.0. The van der Waals surface area contributed by atoms with E-state index in [1.807, 2.05) is 0 Å². The summed E-state index contributed by atoms with van der Waals surface area (Å²) in [6.45, 7) is 8.78. The molecule has 0 fully saturated rings. The van der Waals surface area contributed by atoms with Crippen LogP contribution in [-0.4, -0.2) is 5.43 Å². The Hall–Kier alpha value is -4.30. The van der Waals surface area contributed by atoms with E-state index in [0.717, 1.165) is 12.8 Å². The molecule has 0 spiro atoms. The first kappa shape index (κ1) is 38.6. The second kappa shape index (κ2) is 17.1. The van der Waals surface area contributed by atoms with Gasteiger partial charge in [0.05, 0.1) is 0 Å². The summed E-state index contributed by atoms with van der Waals surface area (Å²) < 4.78 is 0. The zero-order valence-corrected chi connectivity index (χ0v) is 37.3. The second-order valence-electron chi connectivity index (χ2n) is 14.7. The van der Waals surface area contributed by atoms with E-state index in [2.05, 4.69) is 197 Å². The van der Waals surface area contributed by atoms with Crippen LogP contribution in [0.4, 0.5) is 0 Å². The summed E-state index contributed by atoms with van der Waals surface area (Å²) in [4.78, 5) is 0. The van der Waals surface area contributed by atoms with E-state index >= 15 is 0 Å². The number of benzene rings is 8. The summed E-state index contributed by atoms with van der Waals surface area (Å²) in [6, 6.07) is 62.3. The van der Waals surface area contributed by atoms with E-state index in [0.29, 0.717) is 0 Å². The molecule has 10 rings (SSSR count). The van der Waals surface area contributed by atoms with Gasteiger partial charge in [-0.15, -0.1) is 69.1 Å². The fourth-order valence-electron chi connectivity index (χ4n) is 8.03. The van der Waals surface area contributed by atoms with Crippen LogP contribution in [0.1, 0.15) is 25.0 Å². The van der Waals surface area contributed by atoms with Gasteiger partial charge in [-0.25, -0.2) is 0 Å². The van der Waals surface area contributed by atoms with E-state index < -0.39 is 18.0 Å². The van der Waals surface area contributed by atoms with Gasteiger partial charge in [-0.1, -0.05) is 134 Å². The predicted octanol–water partition coefficient (Wildman–Crippen LogP) is 16.4. The number of fused-ring (bicyclic) bond motifs is 8. The number of hydrogen-bond acceptors (Lipinski definition) is 0. The first-order valence-corrected chi connectivity index (χ1v) is 32.0. The van der Waals surface area contributed by atoms with E-state index in [1.54, 1.807) is 0 Å². The standard InChI is InChI=1S/2C25H19.C2H6Si.2ClH.Zr/c2*1-2-17-14-18-9-7-13-23(24(18)15-17)25-16-19-8-3-4-10-20(19)21-11-5-6-12-22(21)25;1-3-2;;;/h2*3-16H,2H2,1H3;1-2H3;2*1H;/q2*-1;;;;+2/p-2. The number of rotatable bonds is 4. The van der Waals surface area contributed by atoms with Crippen LogP contribution in [0.3, 0.4) is 0 Å². The summed E-state index contributed by atoms with van der Waals surface area (Å²) >= 11 is -1.65. The van der Waals surface area contributed by atoms with Crippen molar-refractivity contribution in [3.05, 3.63) is 181 Å². The Kier molecular flexibility index (Phi) is 11.7. The molecule has 10 aromatic carbocycles. The Morgan fingerprint density at radius 1 is 0.411 bits per heavy atom. The molecule has 0 saturated carbocycles. The monoisotopic (exact) mass is 856 g/mol. The van der Waals surface area contributed by atoms with Crippen molar-refractivity contribution < 1.29 is 18.0 Å². The molecule has 4 heteroatoms. The first-order chi connectivity index (χ1) is 27.3. The van der Waals surface area contributed by atoms with Crippen LogP contribution < -0.4 is 0 Å². The van der Waals surface area contributed by atoms with Crippen molar-refractivity contribution >= 4 is 87.1 Å². The fraction of sp³-hybridized carbons (Fsp3) is 0.115. The molecule has 0 bridgehead atoms. The predicted molar refractivity (Wildman–Crippen MR) is 248 cm³/mol. The van der Waals surface area contributed by atoms with Gasteiger partial charge in [0.15, 0.2) is 0 Å². The molecule has 10 aromatic rings. The van der Waals surface area contributed by atoms with E-state index in [9.17, 15) is 0 Å². The molecular formula is C52H44Cl2SiZr-2. The Morgan fingerprint density at radius 2 is 0.768 bits per heavy atom. The van der Waals surface area contributed by atoms with Gasteiger partial charge in [-0.2, -0.15) is 12.1 Å². The van der Waals surface area contributed by atoms with Gasteiger partial charge in [-0.05, 0) is 79.2 Å². The van der Waals surface area contributed by atoms with Gasteiger partial charge in [-0.3, -0.25) is 0 Å². The topological polar surface area (TPSA) is 0 Å². The van der Waals surface area contributed by atoms with Crippen LogP contribution in [0.15, 0.2) is 170 Å². The van der Waals surface area contributed by atoms with E-state index in [-0.39, 0.29) is 5.43 Å². The molecule has 0 aromatic heterocycles. The van der Waals surface area contributed by atoms with Gasteiger partial charge >= 0.3 is 53.5 Å². The second-order valence-corrected chi connectivity index (χ2v) is 37.7.